The van der Waals surface area contributed by atoms with Gasteiger partial charge < -0.3 is 20.3 Å². The van der Waals surface area contributed by atoms with E-state index in [0.717, 1.165) is 50.3 Å². The summed E-state index contributed by atoms with van der Waals surface area (Å²) in [5.41, 5.74) is 3.45. The van der Waals surface area contributed by atoms with Crippen molar-refractivity contribution in [2.75, 3.05) is 36.5 Å². The van der Waals surface area contributed by atoms with Crippen molar-refractivity contribution >= 4 is 38.7 Å². The minimum atomic E-state index is 0.0972. The Kier molecular flexibility index (Phi) is 5.60. The number of nitrogens with zero attached hydrogens (tertiary/aromatic N) is 1. The van der Waals surface area contributed by atoms with Crippen molar-refractivity contribution in [2.45, 2.75) is 31.7 Å². The Labute approximate surface area is 181 Å². The number of hydrogen-bond donors (Lipinski definition) is 2. The fourth-order valence-corrected chi connectivity index (χ4v) is 5.33. The van der Waals surface area contributed by atoms with Crippen LogP contribution in [0.2, 0.25) is 0 Å². The zero-order valence-corrected chi connectivity index (χ0v) is 17.8. The van der Waals surface area contributed by atoms with E-state index in [1.165, 1.54) is 21.3 Å². The van der Waals surface area contributed by atoms with Gasteiger partial charge in [-0.05, 0) is 66.6 Å². The summed E-state index contributed by atoms with van der Waals surface area (Å²) >= 11 is 1.81. The first kappa shape index (κ1) is 19.4. The molecule has 156 valence electrons. The van der Waals surface area contributed by atoms with Gasteiger partial charge >= 0.3 is 0 Å². The molecular weight excluding hydrogens is 394 g/mol. The molecule has 2 aromatic carbocycles. The molecule has 0 spiro atoms. The maximum atomic E-state index is 11.5. The summed E-state index contributed by atoms with van der Waals surface area (Å²) in [5.74, 6) is 0.992. The molecule has 0 radical (unpaired) electrons. The number of aryl methyl sites for hydroxylation is 1. The number of benzene rings is 2. The van der Waals surface area contributed by atoms with Crippen LogP contribution in [0.25, 0.3) is 10.1 Å². The molecule has 1 fully saturated rings. The summed E-state index contributed by atoms with van der Waals surface area (Å²) < 4.78 is 7.40. The number of carbonyl (C=O) groups is 1. The maximum absolute atomic E-state index is 11.5. The van der Waals surface area contributed by atoms with E-state index in [0.29, 0.717) is 19.1 Å². The molecule has 1 aromatic heterocycles. The number of piperazine rings is 1. The zero-order valence-electron chi connectivity index (χ0n) is 17.0. The van der Waals surface area contributed by atoms with E-state index in [-0.39, 0.29) is 5.91 Å². The molecule has 2 N–H and O–H groups in total. The van der Waals surface area contributed by atoms with Crippen molar-refractivity contribution in [3.05, 3.63) is 53.4 Å². The molecule has 5 nitrogen and oxygen atoms in total. The van der Waals surface area contributed by atoms with Crippen molar-refractivity contribution in [3.8, 4) is 5.75 Å². The molecule has 2 aliphatic heterocycles. The summed E-state index contributed by atoms with van der Waals surface area (Å²) in [6.07, 6.45) is 3.44. The number of amides is 1. The average molecular weight is 422 g/mol. The molecular formula is C24H27N3O2S. The molecule has 5 rings (SSSR count). The molecule has 3 aromatic rings. The number of fused-ring (bicyclic) bond motifs is 2. The van der Waals surface area contributed by atoms with Gasteiger partial charge in [0.25, 0.3) is 0 Å². The minimum absolute atomic E-state index is 0.0972. The van der Waals surface area contributed by atoms with Crippen molar-refractivity contribution in [3.63, 3.8) is 0 Å². The Morgan fingerprint density at radius 2 is 2.13 bits per heavy atom. The summed E-state index contributed by atoms with van der Waals surface area (Å²) in [4.78, 5) is 14.1. The van der Waals surface area contributed by atoms with Crippen LogP contribution in [0.4, 0.5) is 11.4 Å². The zero-order chi connectivity index (χ0) is 20.3. The summed E-state index contributed by atoms with van der Waals surface area (Å²) in [6.45, 7) is 3.79. The molecule has 30 heavy (non-hydrogen) atoms. The van der Waals surface area contributed by atoms with Crippen LogP contribution in [0.3, 0.4) is 0 Å². The quantitative estimate of drug-likeness (QED) is 0.579. The normalized spacial score (nSPS) is 18.9. The van der Waals surface area contributed by atoms with E-state index < -0.39 is 0 Å². The fraction of sp³-hybridized carbons (Fsp3) is 0.375. The van der Waals surface area contributed by atoms with E-state index in [4.69, 9.17) is 4.74 Å². The average Bonchev–Trinajstić information content (AvgIpc) is 3.26. The topological polar surface area (TPSA) is 53.6 Å². The SMILES string of the molecule is O=C1CCc2cc(OCCCC3CNCCN3c3cccc4sccc34)ccc2N1. The van der Waals surface area contributed by atoms with Gasteiger partial charge in [-0.25, -0.2) is 0 Å². The first-order valence-corrected chi connectivity index (χ1v) is 11.6. The third-order valence-electron chi connectivity index (χ3n) is 6.06. The number of rotatable bonds is 6. The number of anilines is 2. The number of thiophene rings is 1. The van der Waals surface area contributed by atoms with E-state index in [1.807, 2.05) is 23.5 Å². The standard InChI is InChI=1S/C24H27N3O2S/c28-24-9-6-17-15-19(7-8-21(17)26-24)29-13-2-3-18-16-25-11-12-27(18)22-4-1-5-23-20(22)10-14-30-23/h1,4-5,7-8,10,14-15,18,25H,2-3,6,9,11-13,16H2,(H,26,28). The van der Waals surface area contributed by atoms with Gasteiger partial charge in [0.05, 0.1) is 6.61 Å². The first-order valence-electron chi connectivity index (χ1n) is 10.8. The van der Waals surface area contributed by atoms with Gasteiger partial charge in [0.2, 0.25) is 5.91 Å². The van der Waals surface area contributed by atoms with Crippen LogP contribution < -0.4 is 20.3 Å². The molecule has 2 aliphatic rings. The van der Waals surface area contributed by atoms with Gasteiger partial charge in [0.15, 0.2) is 0 Å². The molecule has 0 bridgehead atoms. The Bertz CT molecular complexity index is 1050. The highest BCUT2D eigenvalue weighted by molar-refractivity contribution is 7.17. The monoisotopic (exact) mass is 421 g/mol. The molecule has 0 aliphatic carbocycles. The van der Waals surface area contributed by atoms with E-state index in [1.54, 1.807) is 0 Å². The van der Waals surface area contributed by atoms with Gasteiger partial charge in [-0.15, -0.1) is 11.3 Å². The lowest BCUT2D eigenvalue weighted by Crippen LogP contribution is -2.51. The van der Waals surface area contributed by atoms with Crippen LogP contribution in [0.5, 0.6) is 5.75 Å². The predicted molar refractivity (Wildman–Crippen MR) is 124 cm³/mol. The second kappa shape index (κ2) is 8.66. The highest BCUT2D eigenvalue weighted by Gasteiger charge is 2.23. The number of nitrogens with one attached hydrogen (secondary N) is 2. The van der Waals surface area contributed by atoms with Gasteiger partial charge in [0.1, 0.15) is 5.75 Å². The Hall–Kier alpha value is -2.57. The number of carbonyl (C=O) groups excluding carboxylic acids is 1. The predicted octanol–water partition coefficient (Wildman–Crippen LogP) is 4.42. The fourth-order valence-electron chi connectivity index (χ4n) is 4.52. The van der Waals surface area contributed by atoms with Crippen molar-refractivity contribution in [2.24, 2.45) is 0 Å². The Morgan fingerprint density at radius 3 is 3.10 bits per heavy atom. The van der Waals surface area contributed by atoms with Crippen molar-refractivity contribution < 1.29 is 9.53 Å². The summed E-state index contributed by atoms with van der Waals surface area (Å²) in [7, 11) is 0. The molecule has 3 heterocycles. The summed E-state index contributed by atoms with van der Waals surface area (Å²) in [6, 6.07) is 15.3. The van der Waals surface area contributed by atoms with Crippen LogP contribution in [0.1, 0.15) is 24.8 Å². The second-order valence-electron chi connectivity index (χ2n) is 8.02. The number of hydrogen-bond acceptors (Lipinski definition) is 5. The minimum Gasteiger partial charge on any atom is -0.494 e. The van der Waals surface area contributed by atoms with Crippen LogP contribution in [-0.2, 0) is 11.2 Å². The Balaban J connectivity index is 1.19. The van der Waals surface area contributed by atoms with Gasteiger partial charge in [-0.3, -0.25) is 4.79 Å². The molecule has 1 saturated heterocycles. The van der Waals surface area contributed by atoms with Crippen LogP contribution in [0, 0.1) is 0 Å². The van der Waals surface area contributed by atoms with Gasteiger partial charge in [-0.2, -0.15) is 0 Å². The lowest BCUT2D eigenvalue weighted by Gasteiger charge is -2.38. The first-order chi connectivity index (χ1) is 14.8. The highest BCUT2D eigenvalue weighted by Crippen LogP contribution is 2.33. The van der Waals surface area contributed by atoms with E-state index in [9.17, 15) is 4.79 Å². The van der Waals surface area contributed by atoms with Gasteiger partial charge in [-0.1, -0.05) is 6.07 Å². The lowest BCUT2D eigenvalue weighted by atomic mass is 10.0. The van der Waals surface area contributed by atoms with Crippen LogP contribution in [0.15, 0.2) is 47.8 Å². The molecule has 1 amide bonds. The third kappa shape index (κ3) is 4.02. The van der Waals surface area contributed by atoms with E-state index in [2.05, 4.69) is 51.2 Å². The molecule has 1 unspecified atom stereocenters. The maximum Gasteiger partial charge on any atom is 0.224 e. The van der Waals surface area contributed by atoms with Crippen molar-refractivity contribution in [1.29, 1.82) is 0 Å². The Morgan fingerprint density at radius 1 is 1.17 bits per heavy atom. The highest BCUT2D eigenvalue weighted by atomic mass is 32.1. The van der Waals surface area contributed by atoms with Crippen LogP contribution in [-0.4, -0.2) is 38.2 Å². The van der Waals surface area contributed by atoms with Crippen molar-refractivity contribution in [1.82, 2.24) is 5.32 Å². The molecule has 6 heteroatoms. The third-order valence-corrected chi connectivity index (χ3v) is 6.94. The van der Waals surface area contributed by atoms with Gasteiger partial charge in [0, 0.05) is 53.6 Å². The lowest BCUT2D eigenvalue weighted by molar-refractivity contribution is -0.116. The second-order valence-corrected chi connectivity index (χ2v) is 8.97. The van der Waals surface area contributed by atoms with E-state index >= 15 is 0 Å². The van der Waals surface area contributed by atoms with Crippen LogP contribution >= 0.6 is 11.3 Å². The summed E-state index contributed by atoms with van der Waals surface area (Å²) in [5, 5.41) is 10.0. The molecule has 0 saturated carbocycles. The number of ether oxygens (including phenoxy) is 1. The molecule has 1 atom stereocenters. The smallest absolute Gasteiger partial charge is 0.224 e. The largest absolute Gasteiger partial charge is 0.494 e.